The van der Waals surface area contributed by atoms with E-state index in [2.05, 4.69) is 230 Å². The lowest BCUT2D eigenvalue weighted by atomic mass is 9.66. The van der Waals surface area contributed by atoms with Crippen LogP contribution in [0.4, 0.5) is 0 Å². The molecule has 0 heteroatoms. The quantitative estimate of drug-likeness (QED) is 0.163. The number of unbranched alkanes of at least 4 members (excludes halogenated alkanes) is 2. The highest BCUT2D eigenvalue weighted by atomic mass is 14.6. The van der Waals surface area contributed by atoms with Gasteiger partial charge in [-0.05, 0) is 139 Å². The highest BCUT2D eigenvalue weighted by molar-refractivity contribution is 6.01. The summed E-state index contributed by atoms with van der Waals surface area (Å²) >= 11 is 0. The van der Waals surface area contributed by atoms with E-state index in [1.165, 1.54) is 131 Å². The van der Waals surface area contributed by atoms with Crippen LogP contribution in [-0.2, 0) is 32.5 Å². The first-order valence-electron chi connectivity index (χ1n) is 24.7. The summed E-state index contributed by atoms with van der Waals surface area (Å²) in [6.45, 7) is 32.7. The van der Waals surface area contributed by atoms with Crippen LogP contribution in [0.2, 0.25) is 0 Å². The molecule has 0 heterocycles. The largest absolute Gasteiger partial charge is 0.0725 e. The molecule has 0 unspecified atom stereocenters. The minimum Gasteiger partial charge on any atom is -0.0654 e. The van der Waals surface area contributed by atoms with E-state index in [1.54, 1.807) is 0 Å². The summed E-state index contributed by atoms with van der Waals surface area (Å²) in [6.07, 6.45) is 4.08. The first-order chi connectivity index (χ1) is 30.7. The second-order valence-electron chi connectivity index (χ2n) is 23.9. The first kappa shape index (κ1) is 43.4. The zero-order chi connectivity index (χ0) is 46.2. The van der Waals surface area contributed by atoms with Gasteiger partial charge in [-0.15, -0.1) is 0 Å². The van der Waals surface area contributed by atoms with Gasteiger partial charge in [0.05, 0.1) is 10.8 Å². The third-order valence-corrected chi connectivity index (χ3v) is 15.7. The zero-order valence-electron chi connectivity index (χ0n) is 41.8. The van der Waals surface area contributed by atoms with Gasteiger partial charge >= 0.3 is 0 Å². The lowest BCUT2D eigenvalue weighted by Gasteiger charge is -2.35. The molecule has 0 atom stereocenters. The van der Waals surface area contributed by atoms with Crippen LogP contribution < -0.4 is 0 Å². The van der Waals surface area contributed by atoms with Crippen molar-refractivity contribution in [3.63, 3.8) is 0 Å². The monoisotopic (exact) mass is 851 g/mol. The second-order valence-corrected chi connectivity index (χ2v) is 23.9. The molecule has 0 saturated heterocycles. The molecule has 0 N–H and O–H groups in total. The minimum atomic E-state index is -0.477. The van der Waals surface area contributed by atoms with E-state index in [9.17, 15) is 0 Å². The molecule has 2 spiro atoms. The molecule has 0 saturated carbocycles. The van der Waals surface area contributed by atoms with Crippen molar-refractivity contribution in [2.45, 2.75) is 149 Å². The standard InChI is InChI=1S/C60H58.C5H12/c1-55(2,3)35-21-25-41-42-26-22-36(56(4,5)6)30-50(42)59(49(41)29-35)47-19-15-13-17-39(47)45-33-46-40-18-14-16-20-48(40)60(54(46)34-53(45)59)51-31-37(57(7,8)9)23-27-43(51)44-28-24-38(32-52(44)60)58(10,11)12;1-3-5-4-2/h13-34H,1-12H3;3-5H2,1-2H3. The van der Waals surface area contributed by atoms with Gasteiger partial charge in [0.15, 0.2) is 0 Å². The van der Waals surface area contributed by atoms with Crippen molar-refractivity contribution >= 4 is 0 Å². The number of benzene rings is 7. The Hall–Kier alpha value is -5.46. The molecular weight excluding hydrogens is 781 g/mol. The smallest absolute Gasteiger partial charge is 0.0654 e. The molecule has 0 bridgehead atoms. The molecule has 0 aromatic heterocycles. The van der Waals surface area contributed by atoms with Crippen LogP contribution in [0.1, 0.15) is 183 Å². The number of rotatable bonds is 2. The maximum atomic E-state index is 2.73. The lowest BCUT2D eigenvalue weighted by molar-refractivity contribution is 0.586. The average Bonchev–Trinajstić information content (AvgIpc) is 3.92. The summed E-state index contributed by atoms with van der Waals surface area (Å²) in [7, 11) is 0. The molecule has 4 aliphatic rings. The van der Waals surface area contributed by atoms with Gasteiger partial charge in [0.25, 0.3) is 0 Å². The second kappa shape index (κ2) is 14.5. The fourth-order valence-electron chi connectivity index (χ4n) is 12.1. The Balaban J connectivity index is 0.000000946. The number of hydrogen-bond donors (Lipinski definition) is 0. The lowest BCUT2D eigenvalue weighted by Crippen LogP contribution is -2.30. The molecule has 11 rings (SSSR count). The average molecular weight is 851 g/mol. The Bertz CT molecular complexity index is 2730. The molecule has 7 aromatic rings. The third-order valence-electron chi connectivity index (χ3n) is 15.7. The van der Waals surface area contributed by atoms with Crippen LogP contribution in [0.3, 0.4) is 0 Å². The molecule has 0 radical (unpaired) electrons. The summed E-state index contributed by atoms with van der Waals surface area (Å²) in [4.78, 5) is 0. The summed E-state index contributed by atoms with van der Waals surface area (Å²) in [5.41, 5.74) is 26.8. The molecular formula is C65H70. The van der Waals surface area contributed by atoms with Crippen LogP contribution in [0.15, 0.2) is 133 Å². The SMILES string of the molecule is CC(C)(C)c1ccc2c(c1)C1(c3ccccc3-c3cc4c(cc31)C1(c3ccccc3-4)c3cc(C(C)(C)C)ccc3-c3ccc(C(C)(C)C)cc31)c1cc(C(C)(C)C)ccc1-2.CCCCC. The molecule has 65 heavy (non-hydrogen) atoms. The van der Waals surface area contributed by atoms with Gasteiger partial charge in [0.1, 0.15) is 0 Å². The molecule has 7 aromatic carbocycles. The van der Waals surface area contributed by atoms with Crippen LogP contribution in [-0.4, -0.2) is 0 Å². The summed E-state index contributed by atoms with van der Waals surface area (Å²) in [5.74, 6) is 0. The van der Waals surface area contributed by atoms with Crippen LogP contribution in [0.5, 0.6) is 0 Å². The van der Waals surface area contributed by atoms with Gasteiger partial charge in [0.2, 0.25) is 0 Å². The summed E-state index contributed by atoms with van der Waals surface area (Å²) < 4.78 is 0. The van der Waals surface area contributed by atoms with E-state index in [-0.39, 0.29) is 21.7 Å². The van der Waals surface area contributed by atoms with E-state index < -0.39 is 10.8 Å². The molecule has 0 amide bonds. The van der Waals surface area contributed by atoms with E-state index in [4.69, 9.17) is 0 Å². The van der Waals surface area contributed by atoms with E-state index in [1.807, 2.05) is 0 Å². The maximum Gasteiger partial charge on any atom is 0.0725 e. The predicted molar refractivity (Wildman–Crippen MR) is 279 cm³/mol. The van der Waals surface area contributed by atoms with Crippen LogP contribution >= 0.6 is 0 Å². The molecule has 0 fully saturated rings. The van der Waals surface area contributed by atoms with Crippen molar-refractivity contribution in [2.75, 3.05) is 0 Å². The Morgan fingerprint density at radius 3 is 0.800 bits per heavy atom. The van der Waals surface area contributed by atoms with Gasteiger partial charge in [-0.25, -0.2) is 0 Å². The van der Waals surface area contributed by atoms with Gasteiger partial charge < -0.3 is 0 Å². The van der Waals surface area contributed by atoms with E-state index in [0.717, 1.165) is 0 Å². The maximum absolute atomic E-state index is 2.73. The zero-order valence-corrected chi connectivity index (χ0v) is 41.8. The Morgan fingerprint density at radius 1 is 0.277 bits per heavy atom. The third kappa shape index (κ3) is 6.14. The van der Waals surface area contributed by atoms with Gasteiger partial charge in [-0.3, -0.25) is 0 Å². The first-order valence-corrected chi connectivity index (χ1v) is 24.7. The van der Waals surface area contributed by atoms with Gasteiger partial charge in [0, 0.05) is 0 Å². The van der Waals surface area contributed by atoms with Crippen molar-refractivity contribution < 1.29 is 0 Å². The molecule has 330 valence electrons. The van der Waals surface area contributed by atoms with Gasteiger partial charge in [-0.1, -0.05) is 244 Å². The van der Waals surface area contributed by atoms with E-state index in [0.29, 0.717) is 0 Å². The van der Waals surface area contributed by atoms with Crippen molar-refractivity contribution in [3.8, 4) is 44.5 Å². The highest BCUT2D eigenvalue weighted by Crippen LogP contribution is 2.68. The number of hydrogen-bond acceptors (Lipinski definition) is 0. The fraction of sp³-hybridized carbons (Fsp3) is 0.354. The Morgan fingerprint density at radius 2 is 0.538 bits per heavy atom. The van der Waals surface area contributed by atoms with Crippen LogP contribution in [0, 0.1) is 0 Å². The van der Waals surface area contributed by atoms with Crippen molar-refractivity contribution in [3.05, 3.63) is 200 Å². The molecule has 0 aliphatic heterocycles. The predicted octanol–water partition coefficient (Wildman–Crippen LogP) is 17.8. The topological polar surface area (TPSA) is 0 Å². The normalized spacial score (nSPS) is 15.4. The Labute approximate surface area is 391 Å². The fourth-order valence-corrected chi connectivity index (χ4v) is 12.1. The van der Waals surface area contributed by atoms with Crippen molar-refractivity contribution in [1.29, 1.82) is 0 Å². The highest BCUT2D eigenvalue weighted by Gasteiger charge is 2.57. The summed E-state index contributed by atoms with van der Waals surface area (Å²) in [6, 6.07) is 53.8. The Kier molecular flexibility index (Phi) is 9.70. The van der Waals surface area contributed by atoms with Gasteiger partial charge in [-0.2, -0.15) is 0 Å². The molecule has 4 aliphatic carbocycles. The number of fused-ring (bicyclic) bond motifs is 20. The van der Waals surface area contributed by atoms with Crippen molar-refractivity contribution in [2.24, 2.45) is 0 Å². The minimum absolute atomic E-state index is 0.00105. The summed E-state index contributed by atoms with van der Waals surface area (Å²) in [5, 5.41) is 0. The van der Waals surface area contributed by atoms with Crippen LogP contribution in [0.25, 0.3) is 44.5 Å². The van der Waals surface area contributed by atoms with E-state index >= 15 is 0 Å². The molecule has 0 nitrogen and oxygen atoms in total. The van der Waals surface area contributed by atoms with Crippen molar-refractivity contribution in [1.82, 2.24) is 0 Å².